The molecule has 2 saturated heterocycles. The van der Waals surface area contributed by atoms with E-state index >= 15 is 0 Å². The maximum atomic E-state index is 12.3. The topological polar surface area (TPSA) is 71.1 Å². The van der Waals surface area contributed by atoms with E-state index in [2.05, 4.69) is 6.58 Å². The third kappa shape index (κ3) is 3.41. The van der Waals surface area contributed by atoms with Crippen molar-refractivity contribution >= 4 is 10.1 Å². The molecule has 7 heteroatoms. The van der Waals surface area contributed by atoms with Gasteiger partial charge in [0.15, 0.2) is 5.79 Å². The summed E-state index contributed by atoms with van der Waals surface area (Å²) >= 11 is 0. The van der Waals surface area contributed by atoms with Crippen molar-refractivity contribution in [2.75, 3.05) is 6.61 Å². The van der Waals surface area contributed by atoms with E-state index in [-0.39, 0.29) is 23.7 Å². The highest BCUT2D eigenvalue weighted by Gasteiger charge is 2.54. The van der Waals surface area contributed by atoms with Gasteiger partial charge in [-0.05, 0) is 32.9 Å². The summed E-state index contributed by atoms with van der Waals surface area (Å²) in [6.45, 7) is 9.10. The largest absolute Gasteiger partial charge is 0.363 e. The number of fused-ring (bicyclic) bond motifs is 1. The van der Waals surface area contributed by atoms with Crippen LogP contribution in [0.4, 0.5) is 0 Å². The highest BCUT2D eigenvalue weighted by atomic mass is 32.2. The summed E-state index contributed by atoms with van der Waals surface area (Å²) in [5.41, 5.74) is 0.975. The Hall–Kier alpha value is -1.25. The molecular formula is C17H22O6S. The van der Waals surface area contributed by atoms with Gasteiger partial charge in [0.25, 0.3) is 10.1 Å². The maximum absolute atomic E-state index is 12.3. The van der Waals surface area contributed by atoms with Crippen LogP contribution in [0.5, 0.6) is 0 Å². The Bertz CT molecular complexity index is 709. The van der Waals surface area contributed by atoms with E-state index in [9.17, 15) is 8.42 Å². The SMILES string of the molecule is C=C[C@H]1O[C@H](COS(=O)(=O)c2ccc(C)cc2)[C@H]2OC(C)(C)O[C@H]21. The van der Waals surface area contributed by atoms with E-state index in [4.69, 9.17) is 18.4 Å². The average Bonchev–Trinajstić information content (AvgIpc) is 2.99. The van der Waals surface area contributed by atoms with Gasteiger partial charge in [0.05, 0.1) is 11.5 Å². The van der Waals surface area contributed by atoms with E-state index in [1.165, 1.54) is 12.1 Å². The zero-order chi connectivity index (χ0) is 17.5. The van der Waals surface area contributed by atoms with Crippen LogP contribution < -0.4 is 0 Å². The molecule has 6 nitrogen and oxygen atoms in total. The molecule has 2 aliphatic heterocycles. The standard InChI is InChI=1S/C17H22O6S/c1-5-13-15-16(23-17(3,4)22-15)14(21-13)10-20-24(18,19)12-8-6-11(2)7-9-12/h5-9,13-16H,1,10H2,2-4H3/t13-,14-,15+,16-/m1/s1. The fourth-order valence-corrected chi connectivity index (χ4v) is 3.89. The molecule has 0 aromatic heterocycles. The Kier molecular flexibility index (Phi) is 4.57. The van der Waals surface area contributed by atoms with Gasteiger partial charge in [-0.1, -0.05) is 23.8 Å². The van der Waals surface area contributed by atoms with Crippen molar-refractivity contribution in [1.82, 2.24) is 0 Å². The second-order valence-electron chi connectivity index (χ2n) is 6.49. The highest BCUT2D eigenvalue weighted by molar-refractivity contribution is 7.86. The third-order valence-corrected chi connectivity index (χ3v) is 5.41. The van der Waals surface area contributed by atoms with E-state index < -0.39 is 28.1 Å². The van der Waals surface area contributed by atoms with Gasteiger partial charge < -0.3 is 14.2 Å². The first kappa shape index (κ1) is 17.6. The molecule has 0 amide bonds. The predicted molar refractivity (Wildman–Crippen MR) is 87.0 cm³/mol. The Balaban J connectivity index is 1.70. The summed E-state index contributed by atoms with van der Waals surface area (Å²) in [7, 11) is -3.85. The molecule has 0 N–H and O–H groups in total. The number of rotatable bonds is 5. The third-order valence-electron chi connectivity index (χ3n) is 4.12. The van der Waals surface area contributed by atoms with E-state index in [0.29, 0.717) is 0 Å². The molecule has 0 unspecified atom stereocenters. The Morgan fingerprint density at radius 2 is 1.83 bits per heavy atom. The first-order valence-corrected chi connectivity index (χ1v) is 9.22. The minimum atomic E-state index is -3.85. The summed E-state index contributed by atoms with van der Waals surface area (Å²) in [6, 6.07) is 6.49. The summed E-state index contributed by atoms with van der Waals surface area (Å²) in [4.78, 5) is 0.117. The summed E-state index contributed by atoms with van der Waals surface area (Å²) < 4.78 is 47.2. The van der Waals surface area contributed by atoms with Gasteiger partial charge in [0.1, 0.15) is 24.4 Å². The van der Waals surface area contributed by atoms with Crippen molar-refractivity contribution in [1.29, 1.82) is 0 Å². The van der Waals surface area contributed by atoms with E-state index in [0.717, 1.165) is 5.56 Å². The van der Waals surface area contributed by atoms with Crippen LogP contribution in [0, 0.1) is 6.92 Å². The summed E-state index contributed by atoms with van der Waals surface area (Å²) in [5.74, 6) is -0.742. The Labute approximate surface area is 142 Å². The fourth-order valence-electron chi connectivity index (χ4n) is 2.97. The molecule has 2 heterocycles. The van der Waals surface area contributed by atoms with Crippen LogP contribution in [0.15, 0.2) is 41.8 Å². The molecule has 4 atom stereocenters. The van der Waals surface area contributed by atoms with Crippen molar-refractivity contribution in [2.45, 2.75) is 55.9 Å². The molecule has 1 aromatic carbocycles. The molecule has 0 radical (unpaired) electrons. The van der Waals surface area contributed by atoms with E-state index in [1.807, 2.05) is 20.8 Å². The lowest BCUT2D eigenvalue weighted by Gasteiger charge is -2.23. The van der Waals surface area contributed by atoms with Gasteiger partial charge in [-0.2, -0.15) is 8.42 Å². The zero-order valence-electron chi connectivity index (χ0n) is 14.0. The Morgan fingerprint density at radius 3 is 2.46 bits per heavy atom. The van der Waals surface area contributed by atoms with Crippen LogP contribution in [0.2, 0.25) is 0 Å². The monoisotopic (exact) mass is 354 g/mol. The van der Waals surface area contributed by atoms with Crippen LogP contribution in [0.25, 0.3) is 0 Å². The molecule has 0 aliphatic carbocycles. The second-order valence-corrected chi connectivity index (χ2v) is 8.11. The molecule has 0 spiro atoms. The first-order chi connectivity index (χ1) is 11.2. The van der Waals surface area contributed by atoms with Gasteiger partial charge in [-0.3, -0.25) is 4.18 Å². The predicted octanol–water partition coefficient (Wildman–Crippen LogP) is 2.17. The van der Waals surface area contributed by atoms with Gasteiger partial charge in [0.2, 0.25) is 0 Å². The maximum Gasteiger partial charge on any atom is 0.297 e. The minimum absolute atomic E-state index is 0.117. The number of aryl methyl sites for hydroxylation is 1. The molecule has 3 rings (SSSR count). The molecule has 0 saturated carbocycles. The average molecular weight is 354 g/mol. The number of hydrogen-bond acceptors (Lipinski definition) is 6. The number of ether oxygens (including phenoxy) is 3. The van der Waals surface area contributed by atoms with Crippen LogP contribution >= 0.6 is 0 Å². The van der Waals surface area contributed by atoms with Gasteiger partial charge in [0, 0.05) is 0 Å². The van der Waals surface area contributed by atoms with Crippen molar-refractivity contribution < 1.29 is 26.8 Å². The van der Waals surface area contributed by atoms with Crippen LogP contribution in [-0.2, 0) is 28.5 Å². The lowest BCUT2D eigenvalue weighted by Crippen LogP contribution is -2.33. The van der Waals surface area contributed by atoms with Crippen molar-refractivity contribution in [3.05, 3.63) is 42.5 Å². The number of benzene rings is 1. The zero-order valence-corrected chi connectivity index (χ0v) is 14.8. The van der Waals surface area contributed by atoms with Crippen LogP contribution in [0.3, 0.4) is 0 Å². The second kappa shape index (κ2) is 6.24. The molecule has 0 bridgehead atoms. The fraction of sp³-hybridized carbons (Fsp3) is 0.529. The van der Waals surface area contributed by atoms with Crippen molar-refractivity contribution in [2.24, 2.45) is 0 Å². The van der Waals surface area contributed by atoms with Crippen molar-refractivity contribution in [3.63, 3.8) is 0 Å². The summed E-state index contributed by atoms with van der Waals surface area (Å²) in [5, 5.41) is 0. The van der Waals surface area contributed by atoms with Gasteiger partial charge in [-0.15, -0.1) is 6.58 Å². The van der Waals surface area contributed by atoms with Gasteiger partial charge >= 0.3 is 0 Å². The lowest BCUT2D eigenvalue weighted by atomic mass is 10.1. The summed E-state index contributed by atoms with van der Waals surface area (Å²) in [6.07, 6.45) is 0.0357. The number of hydrogen-bond donors (Lipinski definition) is 0. The molecule has 1 aromatic rings. The normalized spacial score (nSPS) is 31.8. The molecule has 24 heavy (non-hydrogen) atoms. The van der Waals surface area contributed by atoms with Crippen LogP contribution in [-0.4, -0.2) is 45.2 Å². The highest BCUT2D eigenvalue weighted by Crippen LogP contribution is 2.39. The Morgan fingerprint density at radius 1 is 1.21 bits per heavy atom. The molecule has 2 aliphatic rings. The quantitative estimate of drug-likeness (QED) is 0.596. The van der Waals surface area contributed by atoms with Crippen molar-refractivity contribution in [3.8, 4) is 0 Å². The smallest absolute Gasteiger partial charge is 0.297 e. The van der Waals surface area contributed by atoms with Gasteiger partial charge in [-0.25, -0.2) is 0 Å². The lowest BCUT2D eigenvalue weighted by molar-refractivity contribution is -0.184. The first-order valence-electron chi connectivity index (χ1n) is 7.82. The molecule has 132 valence electrons. The van der Waals surface area contributed by atoms with Crippen LogP contribution in [0.1, 0.15) is 19.4 Å². The molecule has 2 fully saturated rings. The molecular weight excluding hydrogens is 332 g/mol. The van der Waals surface area contributed by atoms with E-state index in [1.54, 1.807) is 18.2 Å². The minimum Gasteiger partial charge on any atom is -0.363 e.